The minimum Gasteiger partial charge on any atom is -0.436 e. The normalized spacial score (nSPS) is 11.5. The summed E-state index contributed by atoms with van der Waals surface area (Å²) in [4.78, 5) is 9.40. The third-order valence-electron chi connectivity index (χ3n) is 5.46. The number of fused-ring (bicyclic) bond motifs is 2. The van der Waals surface area contributed by atoms with Gasteiger partial charge in [-0.2, -0.15) is 0 Å². The Hall–Kier alpha value is -3.22. The van der Waals surface area contributed by atoms with Crippen LogP contribution in [0.5, 0.6) is 0 Å². The zero-order valence-corrected chi connectivity index (χ0v) is 20.4. The van der Waals surface area contributed by atoms with Crippen molar-refractivity contribution in [3.63, 3.8) is 0 Å². The highest BCUT2D eigenvalue weighted by molar-refractivity contribution is 9.10. The molecular weight excluding hydrogens is 544 g/mol. The highest BCUT2D eigenvalue weighted by Crippen LogP contribution is 2.29. The number of hydrogen-bond donors (Lipinski definition) is 0. The summed E-state index contributed by atoms with van der Waals surface area (Å²) in [6.45, 7) is 0. The number of oxazole rings is 2. The minimum absolute atomic E-state index is 0.618. The monoisotopic (exact) mass is 558 g/mol. The third-order valence-corrected chi connectivity index (χ3v) is 6.44. The zero-order valence-electron chi connectivity index (χ0n) is 17.3. The second kappa shape index (κ2) is 8.28. The lowest BCUT2D eigenvalue weighted by Crippen LogP contribution is -1.88. The summed E-state index contributed by atoms with van der Waals surface area (Å²) in [5.41, 5.74) is 7.46. The van der Waals surface area contributed by atoms with Crippen molar-refractivity contribution in [1.82, 2.24) is 9.97 Å². The first-order valence-corrected chi connectivity index (χ1v) is 12.0. The van der Waals surface area contributed by atoms with Crippen LogP contribution in [-0.2, 0) is 6.42 Å². The van der Waals surface area contributed by atoms with Gasteiger partial charge in [0.05, 0.1) is 0 Å². The molecule has 4 aromatic carbocycles. The number of hydrogen-bond acceptors (Lipinski definition) is 4. The van der Waals surface area contributed by atoms with Gasteiger partial charge in [0, 0.05) is 20.1 Å². The van der Waals surface area contributed by atoms with E-state index >= 15 is 0 Å². The molecule has 6 aromatic rings. The van der Waals surface area contributed by atoms with Gasteiger partial charge < -0.3 is 8.83 Å². The summed E-state index contributed by atoms with van der Waals surface area (Å²) in [6.07, 6.45) is 0.768. The average Bonchev–Trinajstić information content (AvgIpc) is 3.43. The predicted octanol–water partition coefficient (Wildman–Crippen LogP) is 8.42. The van der Waals surface area contributed by atoms with E-state index in [1.54, 1.807) is 0 Å². The Bertz CT molecular complexity index is 1510. The Morgan fingerprint density at radius 1 is 0.576 bits per heavy atom. The zero-order chi connectivity index (χ0) is 22.4. The van der Waals surface area contributed by atoms with E-state index < -0.39 is 0 Å². The second-order valence-electron chi connectivity index (χ2n) is 7.84. The van der Waals surface area contributed by atoms with Gasteiger partial charge in [-0.1, -0.05) is 56.1 Å². The van der Waals surface area contributed by atoms with Crippen LogP contribution in [0.4, 0.5) is 0 Å². The molecule has 0 saturated carbocycles. The maximum absolute atomic E-state index is 5.97. The van der Waals surface area contributed by atoms with Crippen LogP contribution in [0, 0.1) is 0 Å². The summed E-state index contributed by atoms with van der Waals surface area (Å²) in [5.74, 6) is 1.24. The highest BCUT2D eigenvalue weighted by Gasteiger charge is 2.12. The number of halogens is 2. The van der Waals surface area contributed by atoms with Crippen LogP contribution in [0.25, 0.3) is 45.1 Å². The van der Waals surface area contributed by atoms with Crippen molar-refractivity contribution in [2.45, 2.75) is 6.42 Å². The van der Waals surface area contributed by atoms with Crippen molar-refractivity contribution in [2.24, 2.45) is 0 Å². The molecule has 0 N–H and O–H groups in total. The average molecular weight is 560 g/mol. The fourth-order valence-corrected chi connectivity index (χ4v) is 4.69. The lowest BCUT2D eigenvalue weighted by molar-refractivity contribution is 0.619. The molecule has 0 atom stereocenters. The van der Waals surface area contributed by atoms with Gasteiger partial charge in [0.15, 0.2) is 11.2 Å². The summed E-state index contributed by atoms with van der Waals surface area (Å²) in [6, 6.07) is 28.2. The van der Waals surface area contributed by atoms with E-state index in [0.717, 1.165) is 59.8 Å². The minimum atomic E-state index is 0.618. The maximum Gasteiger partial charge on any atom is 0.227 e. The fourth-order valence-electron chi connectivity index (χ4n) is 3.89. The van der Waals surface area contributed by atoms with Gasteiger partial charge >= 0.3 is 0 Å². The van der Waals surface area contributed by atoms with Crippen molar-refractivity contribution in [2.75, 3.05) is 0 Å². The molecule has 0 bridgehead atoms. The molecule has 0 unspecified atom stereocenters. The summed E-state index contributed by atoms with van der Waals surface area (Å²) in [7, 11) is 0. The van der Waals surface area contributed by atoms with Gasteiger partial charge in [0.2, 0.25) is 11.8 Å². The molecule has 0 radical (unpaired) electrons. The van der Waals surface area contributed by atoms with Crippen molar-refractivity contribution in [1.29, 1.82) is 0 Å². The van der Waals surface area contributed by atoms with Gasteiger partial charge in [0.1, 0.15) is 11.0 Å². The molecule has 2 heterocycles. The summed E-state index contributed by atoms with van der Waals surface area (Å²) in [5, 5.41) is 0. The number of benzene rings is 4. The van der Waals surface area contributed by atoms with Gasteiger partial charge in [-0.25, -0.2) is 9.97 Å². The predicted molar refractivity (Wildman–Crippen MR) is 137 cm³/mol. The molecular formula is C27H16Br2N2O2. The largest absolute Gasteiger partial charge is 0.436 e. The fraction of sp³-hybridized carbons (Fsp3) is 0.0370. The van der Waals surface area contributed by atoms with Crippen LogP contribution in [0.15, 0.2) is 103 Å². The molecule has 0 aliphatic rings. The number of nitrogens with zero attached hydrogens (tertiary/aromatic N) is 2. The molecule has 2 aromatic heterocycles. The molecule has 6 rings (SSSR count). The van der Waals surface area contributed by atoms with Crippen LogP contribution >= 0.6 is 31.9 Å². The van der Waals surface area contributed by atoms with Gasteiger partial charge in [-0.05, 0) is 78.2 Å². The molecule has 160 valence electrons. The van der Waals surface area contributed by atoms with E-state index in [0.29, 0.717) is 11.8 Å². The third kappa shape index (κ3) is 4.12. The van der Waals surface area contributed by atoms with E-state index in [4.69, 9.17) is 18.8 Å². The van der Waals surface area contributed by atoms with Crippen LogP contribution in [0.1, 0.15) is 11.1 Å². The molecule has 0 aliphatic carbocycles. The summed E-state index contributed by atoms with van der Waals surface area (Å²) < 4.78 is 13.9. The molecule has 6 heteroatoms. The Kier molecular flexibility index (Phi) is 5.12. The number of rotatable bonds is 4. The van der Waals surface area contributed by atoms with Crippen LogP contribution in [0.3, 0.4) is 0 Å². The van der Waals surface area contributed by atoms with E-state index in [-0.39, 0.29) is 0 Å². The van der Waals surface area contributed by atoms with Gasteiger partial charge in [0.25, 0.3) is 0 Å². The lowest BCUT2D eigenvalue weighted by Gasteiger charge is -2.01. The summed E-state index contributed by atoms with van der Waals surface area (Å²) >= 11 is 7.01. The lowest BCUT2D eigenvalue weighted by atomic mass is 10.0. The van der Waals surface area contributed by atoms with Crippen LogP contribution < -0.4 is 0 Å². The topological polar surface area (TPSA) is 52.1 Å². The van der Waals surface area contributed by atoms with Gasteiger partial charge in [-0.15, -0.1) is 0 Å². The van der Waals surface area contributed by atoms with E-state index in [1.807, 2.05) is 60.7 Å². The van der Waals surface area contributed by atoms with Crippen LogP contribution in [0.2, 0.25) is 0 Å². The van der Waals surface area contributed by atoms with Gasteiger partial charge in [-0.3, -0.25) is 0 Å². The Morgan fingerprint density at radius 3 is 1.52 bits per heavy atom. The van der Waals surface area contributed by atoms with E-state index in [1.165, 1.54) is 0 Å². The van der Waals surface area contributed by atoms with Crippen molar-refractivity contribution < 1.29 is 8.83 Å². The van der Waals surface area contributed by atoms with Crippen LogP contribution in [-0.4, -0.2) is 9.97 Å². The van der Waals surface area contributed by atoms with E-state index in [9.17, 15) is 0 Å². The van der Waals surface area contributed by atoms with E-state index in [2.05, 4.69) is 56.1 Å². The van der Waals surface area contributed by atoms with Crippen molar-refractivity contribution >= 4 is 54.1 Å². The van der Waals surface area contributed by atoms with Crippen molar-refractivity contribution in [3.05, 3.63) is 105 Å². The molecule has 4 nitrogen and oxygen atoms in total. The molecule has 0 fully saturated rings. The first-order chi connectivity index (χ1) is 16.1. The highest BCUT2D eigenvalue weighted by atomic mass is 79.9. The molecule has 0 amide bonds. The number of aromatic nitrogens is 2. The Labute approximate surface area is 206 Å². The SMILES string of the molecule is Brc1cccc(-c2nc3cc(Cc4ccc5oc(-c6cccc(Br)c6)nc5c4)ccc3o2)c1. The molecule has 0 aliphatic heterocycles. The molecule has 0 spiro atoms. The Balaban J connectivity index is 1.29. The molecule has 33 heavy (non-hydrogen) atoms. The molecule has 0 saturated heterocycles. The first-order valence-electron chi connectivity index (χ1n) is 10.4. The quantitative estimate of drug-likeness (QED) is 0.217. The van der Waals surface area contributed by atoms with Crippen molar-refractivity contribution in [3.8, 4) is 22.9 Å². The maximum atomic E-state index is 5.97. The smallest absolute Gasteiger partial charge is 0.227 e. The second-order valence-corrected chi connectivity index (χ2v) is 9.67. The standard InChI is InChI=1S/C27H16Br2N2O2/c28-20-5-1-3-18(14-20)26-30-22-12-16(7-9-24(22)32-26)11-17-8-10-25-23(13-17)31-27(33-25)19-4-2-6-21(29)15-19/h1-10,12-15H,11H2. The first kappa shape index (κ1) is 20.4. The Morgan fingerprint density at radius 2 is 1.06 bits per heavy atom.